The number of anilines is 2. The molecule has 1 saturated heterocycles. The molecule has 1 N–H and O–H groups in total. The molecule has 0 radical (unpaired) electrons. The third-order valence-corrected chi connectivity index (χ3v) is 6.46. The molecule has 0 atom stereocenters. The molecule has 5 rings (SSSR count). The van der Waals surface area contributed by atoms with Crippen LogP contribution in [0.4, 0.5) is 10.7 Å². The fraction of sp³-hybridized carbons (Fsp3) is 0.250. The summed E-state index contributed by atoms with van der Waals surface area (Å²) in [6.07, 6.45) is 0. The molecule has 1 fully saturated rings. The van der Waals surface area contributed by atoms with E-state index in [0.717, 1.165) is 29.2 Å². The number of benzene rings is 2. The summed E-state index contributed by atoms with van der Waals surface area (Å²) >= 11 is 1.37. The minimum Gasteiger partial charge on any atom is -0.454 e. The third-order valence-electron chi connectivity index (χ3n) is 5.29. The third kappa shape index (κ3) is 4.79. The Balaban J connectivity index is 1.27. The van der Waals surface area contributed by atoms with Crippen molar-refractivity contribution in [2.75, 3.05) is 49.9 Å². The maximum absolute atomic E-state index is 12.8. The van der Waals surface area contributed by atoms with Crippen LogP contribution in [0.15, 0.2) is 54.6 Å². The van der Waals surface area contributed by atoms with Gasteiger partial charge in [0.2, 0.25) is 6.79 Å². The maximum Gasteiger partial charge on any atom is 0.348 e. The number of fused-ring (bicyclic) bond motifs is 1. The second-order valence-corrected chi connectivity index (χ2v) is 8.52. The fourth-order valence-corrected chi connectivity index (χ4v) is 4.81. The molecule has 3 aromatic rings. The lowest BCUT2D eigenvalue weighted by Gasteiger charge is -2.28. The summed E-state index contributed by atoms with van der Waals surface area (Å²) in [5, 5.41) is 3.70. The summed E-state index contributed by atoms with van der Waals surface area (Å²) in [4.78, 5) is 27.7. The van der Waals surface area contributed by atoms with E-state index in [1.165, 1.54) is 11.3 Å². The molecule has 0 unspecified atom stereocenters. The smallest absolute Gasteiger partial charge is 0.348 e. The van der Waals surface area contributed by atoms with Crippen LogP contribution >= 0.6 is 11.3 Å². The van der Waals surface area contributed by atoms with Gasteiger partial charge >= 0.3 is 5.97 Å². The normalized spacial score (nSPS) is 14.7. The van der Waals surface area contributed by atoms with E-state index in [1.807, 2.05) is 36.4 Å². The number of carbonyl (C=O) groups excluding carboxylic acids is 2. The predicted molar refractivity (Wildman–Crippen MR) is 124 cm³/mol. The van der Waals surface area contributed by atoms with Gasteiger partial charge in [0.25, 0.3) is 5.91 Å². The van der Waals surface area contributed by atoms with Crippen molar-refractivity contribution < 1.29 is 28.5 Å². The summed E-state index contributed by atoms with van der Waals surface area (Å²) in [6.45, 7) is 2.57. The molecule has 2 aromatic carbocycles. The topological polar surface area (TPSA) is 86.3 Å². The first kappa shape index (κ1) is 21.3. The number of thiophene rings is 1. The van der Waals surface area contributed by atoms with Gasteiger partial charge in [-0.2, -0.15) is 0 Å². The van der Waals surface area contributed by atoms with Gasteiger partial charge in [-0.1, -0.05) is 30.3 Å². The predicted octanol–water partition coefficient (Wildman–Crippen LogP) is 3.78. The highest BCUT2D eigenvalue weighted by Crippen LogP contribution is 2.39. The Morgan fingerprint density at radius 3 is 2.61 bits per heavy atom. The number of hydrogen-bond acceptors (Lipinski definition) is 8. The highest BCUT2D eigenvalue weighted by molar-refractivity contribution is 7.18. The van der Waals surface area contributed by atoms with Crippen molar-refractivity contribution in [2.45, 2.75) is 0 Å². The Morgan fingerprint density at radius 2 is 1.79 bits per heavy atom. The zero-order chi connectivity index (χ0) is 22.6. The lowest BCUT2D eigenvalue weighted by atomic mass is 10.1. The van der Waals surface area contributed by atoms with Gasteiger partial charge in [0.05, 0.1) is 18.2 Å². The average molecular weight is 467 g/mol. The number of rotatable bonds is 6. The molecule has 33 heavy (non-hydrogen) atoms. The monoisotopic (exact) mass is 466 g/mol. The van der Waals surface area contributed by atoms with Crippen molar-refractivity contribution in [1.82, 2.24) is 0 Å². The number of morpholine rings is 1. The number of hydrogen-bond donors (Lipinski definition) is 1. The second kappa shape index (κ2) is 9.51. The number of nitrogens with one attached hydrogen (secondary N) is 1. The van der Waals surface area contributed by atoms with Gasteiger partial charge in [-0.3, -0.25) is 4.79 Å². The van der Waals surface area contributed by atoms with E-state index >= 15 is 0 Å². The molecule has 0 bridgehead atoms. The largest absolute Gasteiger partial charge is 0.454 e. The number of carbonyl (C=O) groups is 2. The molecule has 9 heteroatoms. The molecule has 0 aliphatic carbocycles. The number of nitrogens with zero attached hydrogens (tertiary/aromatic N) is 1. The molecule has 0 spiro atoms. The summed E-state index contributed by atoms with van der Waals surface area (Å²) in [6, 6.07) is 16.8. The van der Waals surface area contributed by atoms with E-state index in [4.69, 9.17) is 18.9 Å². The maximum atomic E-state index is 12.8. The zero-order valence-corrected chi connectivity index (χ0v) is 18.6. The van der Waals surface area contributed by atoms with Crippen molar-refractivity contribution >= 4 is 33.9 Å². The average Bonchev–Trinajstić information content (AvgIpc) is 3.51. The lowest BCUT2D eigenvalue weighted by Crippen LogP contribution is -2.35. The molecular weight excluding hydrogens is 444 g/mol. The first-order chi connectivity index (χ1) is 16.2. The minimum atomic E-state index is -0.530. The van der Waals surface area contributed by atoms with Crippen LogP contribution in [0.25, 0.3) is 11.1 Å². The van der Waals surface area contributed by atoms with Crippen LogP contribution < -0.4 is 19.7 Å². The quantitative estimate of drug-likeness (QED) is 0.554. The summed E-state index contributed by atoms with van der Waals surface area (Å²) in [5.41, 5.74) is 2.53. The zero-order valence-electron chi connectivity index (χ0n) is 17.7. The van der Waals surface area contributed by atoms with Crippen LogP contribution in [0.2, 0.25) is 0 Å². The molecule has 2 aliphatic heterocycles. The van der Waals surface area contributed by atoms with Crippen LogP contribution in [0.5, 0.6) is 11.5 Å². The van der Waals surface area contributed by atoms with E-state index in [2.05, 4.69) is 10.2 Å². The summed E-state index contributed by atoms with van der Waals surface area (Å²) < 4.78 is 21.3. The molecule has 0 saturated carbocycles. The van der Waals surface area contributed by atoms with Gasteiger partial charge < -0.3 is 29.2 Å². The van der Waals surface area contributed by atoms with Crippen molar-refractivity contribution in [1.29, 1.82) is 0 Å². The Kier molecular flexibility index (Phi) is 6.14. The Bertz CT molecular complexity index is 1160. The first-order valence-electron chi connectivity index (χ1n) is 10.6. The van der Waals surface area contributed by atoms with E-state index < -0.39 is 18.5 Å². The van der Waals surface area contributed by atoms with E-state index in [-0.39, 0.29) is 6.79 Å². The molecule has 8 nitrogen and oxygen atoms in total. The molecule has 1 aromatic heterocycles. The number of amides is 1. The molecular formula is C24H22N2O6S. The van der Waals surface area contributed by atoms with Gasteiger partial charge in [0, 0.05) is 30.4 Å². The Morgan fingerprint density at radius 1 is 1.00 bits per heavy atom. The van der Waals surface area contributed by atoms with E-state index in [1.54, 1.807) is 18.2 Å². The lowest BCUT2D eigenvalue weighted by molar-refractivity contribution is -0.119. The van der Waals surface area contributed by atoms with Crippen LogP contribution in [0, 0.1) is 0 Å². The van der Waals surface area contributed by atoms with Crippen molar-refractivity contribution in [2.24, 2.45) is 0 Å². The molecule has 2 aliphatic rings. The van der Waals surface area contributed by atoms with E-state index in [0.29, 0.717) is 35.3 Å². The fourth-order valence-electron chi connectivity index (χ4n) is 3.68. The van der Waals surface area contributed by atoms with Gasteiger partial charge in [0.1, 0.15) is 4.88 Å². The SMILES string of the molecule is O=C(COC(=O)c1cc(-c2ccccc2)c(N2CCOCC2)s1)Nc1ccc2c(c1)OCO2. The number of ether oxygens (including phenoxy) is 4. The van der Waals surface area contributed by atoms with Crippen LogP contribution in [-0.2, 0) is 14.3 Å². The standard InChI is InChI=1S/C24H22N2O6S/c27-22(25-17-6-7-19-20(12-17)32-15-31-19)14-30-24(28)21-13-18(16-4-2-1-3-5-16)23(33-21)26-8-10-29-11-9-26/h1-7,12-13H,8-11,14-15H2,(H,25,27). The molecule has 3 heterocycles. The minimum absolute atomic E-state index is 0.155. The van der Waals surface area contributed by atoms with Crippen LogP contribution in [-0.4, -0.2) is 51.6 Å². The van der Waals surface area contributed by atoms with Gasteiger partial charge in [-0.05, 0) is 23.8 Å². The Hall–Kier alpha value is -3.56. The first-order valence-corrected chi connectivity index (χ1v) is 11.4. The molecule has 170 valence electrons. The highest BCUT2D eigenvalue weighted by atomic mass is 32.1. The van der Waals surface area contributed by atoms with Crippen molar-refractivity contribution in [3.63, 3.8) is 0 Å². The Labute approximate surface area is 194 Å². The van der Waals surface area contributed by atoms with Crippen LogP contribution in [0.3, 0.4) is 0 Å². The van der Waals surface area contributed by atoms with E-state index in [9.17, 15) is 9.59 Å². The summed E-state index contributed by atoms with van der Waals surface area (Å²) in [7, 11) is 0. The van der Waals surface area contributed by atoms with Gasteiger partial charge in [0.15, 0.2) is 18.1 Å². The highest BCUT2D eigenvalue weighted by Gasteiger charge is 2.23. The van der Waals surface area contributed by atoms with Crippen LogP contribution in [0.1, 0.15) is 9.67 Å². The number of esters is 1. The summed E-state index contributed by atoms with van der Waals surface area (Å²) in [5.74, 6) is 0.225. The molecule has 1 amide bonds. The van der Waals surface area contributed by atoms with Crippen molar-refractivity contribution in [3.05, 3.63) is 59.5 Å². The van der Waals surface area contributed by atoms with Crippen molar-refractivity contribution in [3.8, 4) is 22.6 Å². The van der Waals surface area contributed by atoms with Gasteiger partial charge in [-0.15, -0.1) is 11.3 Å². The van der Waals surface area contributed by atoms with Gasteiger partial charge in [-0.25, -0.2) is 4.79 Å². The second-order valence-electron chi connectivity index (χ2n) is 7.49.